The number of carbonyl (C=O) groups is 1. The lowest BCUT2D eigenvalue weighted by Gasteiger charge is -2.17. The fourth-order valence-electron chi connectivity index (χ4n) is 2.65. The number of carbonyl (C=O) groups excluding carboxylic acids is 1. The van der Waals surface area contributed by atoms with E-state index in [1.165, 1.54) is 27.1 Å². The zero-order valence-electron chi connectivity index (χ0n) is 16.9. The molecular formula is C20H22FN7O. The normalized spacial score (nSPS) is 11.2. The molecule has 150 valence electrons. The van der Waals surface area contributed by atoms with Gasteiger partial charge in [-0.1, -0.05) is 0 Å². The van der Waals surface area contributed by atoms with E-state index in [-0.39, 0.29) is 11.7 Å². The van der Waals surface area contributed by atoms with Crippen LogP contribution in [0.3, 0.4) is 0 Å². The van der Waals surface area contributed by atoms with E-state index in [9.17, 15) is 9.18 Å². The third-order valence-corrected chi connectivity index (χ3v) is 3.94. The van der Waals surface area contributed by atoms with Crippen molar-refractivity contribution in [2.45, 2.75) is 40.3 Å². The van der Waals surface area contributed by atoms with Crippen LogP contribution in [0.1, 0.15) is 38.0 Å². The Kier molecular flexibility index (Phi) is 5.49. The topological polar surface area (TPSA) is 106 Å². The minimum Gasteiger partial charge on any atom is -0.339 e. The summed E-state index contributed by atoms with van der Waals surface area (Å²) in [6.45, 7) is 7.84. The van der Waals surface area contributed by atoms with Gasteiger partial charge in [0.25, 0.3) is 0 Å². The molecule has 0 aliphatic heterocycles. The van der Waals surface area contributed by atoms with Crippen LogP contribution in [0.25, 0.3) is 11.3 Å². The lowest BCUT2D eigenvalue weighted by molar-refractivity contribution is -0.114. The van der Waals surface area contributed by atoms with Gasteiger partial charge in [-0.2, -0.15) is 0 Å². The molecule has 0 saturated heterocycles. The van der Waals surface area contributed by atoms with E-state index < -0.39 is 5.67 Å². The molecule has 3 heterocycles. The minimum atomic E-state index is -1.69. The third-order valence-electron chi connectivity index (χ3n) is 3.94. The van der Waals surface area contributed by atoms with Crippen LogP contribution < -0.4 is 10.6 Å². The molecule has 8 nitrogen and oxygen atoms in total. The van der Waals surface area contributed by atoms with E-state index >= 15 is 0 Å². The van der Waals surface area contributed by atoms with Crippen LogP contribution in [0.15, 0.2) is 30.7 Å². The highest BCUT2D eigenvalue weighted by atomic mass is 19.1. The summed E-state index contributed by atoms with van der Waals surface area (Å²) in [4.78, 5) is 32.6. The van der Waals surface area contributed by atoms with Gasteiger partial charge in [-0.05, 0) is 33.8 Å². The lowest BCUT2D eigenvalue weighted by atomic mass is 10.1. The number of nitrogens with one attached hydrogen (secondary N) is 2. The van der Waals surface area contributed by atoms with E-state index in [4.69, 9.17) is 0 Å². The van der Waals surface area contributed by atoms with Crippen LogP contribution in [-0.4, -0.2) is 30.8 Å². The number of hydrogen-bond donors (Lipinski definition) is 2. The van der Waals surface area contributed by atoms with Crippen molar-refractivity contribution in [2.75, 3.05) is 10.6 Å². The molecule has 0 bridgehead atoms. The van der Waals surface area contributed by atoms with Crippen molar-refractivity contribution in [2.24, 2.45) is 0 Å². The molecule has 3 rings (SSSR count). The van der Waals surface area contributed by atoms with Crippen LogP contribution in [0.2, 0.25) is 0 Å². The number of anilines is 3. The van der Waals surface area contributed by atoms with Crippen LogP contribution >= 0.6 is 0 Å². The molecule has 0 aliphatic carbocycles. The zero-order chi connectivity index (χ0) is 21.2. The van der Waals surface area contributed by atoms with Crippen molar-refractivity contribution in [3.63, 3.8) is 0 Å². The van der Waals surface area contributed by atoms with E-state index in [0.29, 0.717) is 34.3 Å². The second kappa shape index (κ2) is 7.86. The molecule has 0 aromatic carbocycles. The Morgan fingerprint density at radius 3 is 2.41 bits per heavy atom. The largest absolute Gasteiger partial charge is 0.339 e. The van der Waals surface area contributed by atoms with E-state index in [0.717, 1.165) is 5.69 Å². The summed E-state index contributed by atoms with van der Waals surface area (Å²) in [7, 11) is 0. The number of aromatic nitrogens is 5. The highest BCUT2D eigenvalue weighted by molar-refractivity contribution is 5.89. The number of pyridine rings is 1. The fourth-order valence-corrected chi connectivity index (χ4v) is 2.65. The molecule has 29 heavy (non-hydrogen) atoms. The predicted molar refractivity (Wildman–Crippen MR) is 108 cm³/mol. The van der Waals surface area contributed by atoms with Crippen molar-refractivity contribution in [1.82, 2.24) is 24.9 Å². The first kappa shape index (κ1) is 20.2. The second-order valence-electron chi connectivity index (χ2n) is 7.16. The van der Waals surface area contributed by atoms with Crippen LogP contribution in [0.4, 0.5) is 21.7 Å². The van der Waals surface area contributed by atoms with Gasteiger partial charge in [0.1, 0.15) is 18.0 Å². The van der Waals surface area contributed by atoms with Gasteiger partial charge in [0, 0.05) is 42.2 Å². The molecule has 0 unspecified atom stereocenters. The van der Waals surface area contributed by atoms with Crippen molar-refractivity contribution in [3.8, 4) is 11.3 Å². The minimum absolute atomic E-state index is 0.0792. The van der Waals surface area contributed by atoms with E-state index in [2.05, 4.69) is 35.6 Å². The number of rotatable bonds is 5. The maximum absolute atomic E-state index is 14.4. The molecule has 0 saturated carbocycles. The molecule has 2 N–H and O–H groups in total. The summed E-state index contributed by atoms with van der Waals surface area (Å²) >= 11 is 0. The van der Waals surface area contributed by atoms with Crippen LogP contribution in [0, 0.1) is 13.8 Å². The molecule has 0 radical (unpaired) electrons. The molecular weight excluding hydrogens is 373 g/mol. The number of nitrogens with zero attached hydrogens (tertiary/aromatic N) is 5. The van der Waals surface area contributed by atoms with E-state index in [1.54, 1.807) is 25.3 Å². The van der Waals surface area contributed by atoms with Gasteiger partial charge >= 0.3 is 0 Å². The molecule has 3 aromatic rings. The molecule has 0 fully saturated rings. The quantitative estimate of drug-likeness (QED) is 0.676. The van der Waals surface area contributed by atoms with Crippen LogP contribution in [-0.2, 0) is 10.5 Å². The summed E-state index contributed by atoms with van der Waals surface area (Å²) in [6.07, 6.45) is 3.07. The van der Waals surface area contributed by atoms with Gasteiger partial charge in [-0.3, -0.25) is 4.79 Å². The maximum atomic E-state index is 14.4. The SMILES string of the molecule is CC(=O)Nc1cc(Nc2cc(C)nc(C(C)(C)F)n2)c(-c2cc(C)ncn2)cn1. The highest BCUT2D eigenvalue weighted by Crippen LogP contribution is 2.31. The number of aryl methyl sites for hydroxylation is 2. The Morgan fingerprint density at radius 2 is 1.76 bits per heavy atom. The predicted octanol–water partition coefficient (Wildman–Crippen LogP) is 3.85. The van der Waals surface area contributed by atoms with Gasteiger partial charge in [0.2, 0.25) is 5.91 Å². The zero-order valence-corrected chi connectivity index (χ0v) is 16.9. The van der Waals surface area contributed by atoms with Crippen molar-refractivity contribution in [3.05, 3.63) is 47.9 Å². The van der Waals surface area contributed by atoms with Gasteiger partial charge in [-0.25, -0.2) is 29.3 Å². The van der Waals surface area contributed by atoms with E-state index in [1.807, 2.05) is 13.0 Å². The Bertz CT molecular complexity index is 1060. The average molecular weight is 395 g/mol. The number of amides is 1. The molecule has 3 aromatic heterocycles. The van der Waals surface area contributed by atoms with Gasteiger partial charge < -0.3 is 10.6 Å². The highest BCUT2D eigenvalue weighted by Gasteiger charge is 2.23. The first-order valence-corrected chi connectivity index (χ1v) is 9.00. The molecule has 1 amide bonds. The number of halogens is 1. The maximum Gasteiger partial charge on any atom is 0.222 e. The Labute approximate surface area is 168 Å². The number of alkyl halides is 1. The molecule has 9 heteroatoms. The summed E-state index contributed by atoms with van der Waals surface area (Å²) in [5, 5.41) is 5.84. The second-order valence-corrected chi connectivity index (χ2v) is 7.16. The Balaban J connectivity index is 2.09. The first-order valence-electron chi connectivity index (χ1n) is 9.00. The first-order chi connectivity index (χ1) is 13.6. The molecule has 0 aliphatic rings. The van der Waals surface area contributed by atoms with Gasteiger partial charge in [-0.15, -0.1) is 0 Å². The third kappa shape index (κ3) is 5.07. The summed E-state index contributed by atoms with van der Waals surface area (Å²) < 4.78 is 14.4. The molecule has 0 spiro atoms. The van der Waals surface area contributed by atoms with Gasteiger partial charge in [0.15, 0.2) is 11.5 Å². The van der Waals surface area contributed by atoms with Crippen molar-refractivity contribution < 1.29 is 9.18 Å². The monoisotopic (exact) mass is 395 g/mol. The van der Waals surface area contributed by atoms with Gasteiger partial charge in [0.05, 0.1) is 11.4 Å². The van der Waals surface area contributed by atoms with Crippen LogP contribution in [0.5, 0.6) is 0 Å². The Hall–Kier alpha value is -3.49. The Morgan fingerprint density at radius 1 is 1.00 bits per heavy atom. The lowest BCUT2D eigenvalue weighted by Crippen LogP contribution is -2.16. The van der Waals surface area contributed by atoms with Crippen molar-refractivity contribution in [1.29, 1.82) is 0 Å². The summed E-state index contributed by atoms with van der Waals surface area (Å²) in [6, 6.07) is 5.20. The standard InChI is InChI=1S/C20H22FN7O/c1-11-6-15(24-10-23-11)14-9-22-17(26-13(3)29)8-16(14)27-18-7-12(2)25-19(28-18)20(4,5)21/h6-10H,1-5H3,(H2,22,25,26,27,28,29). The smallest absolute Gasteiger partial charge is 0.222 e. The fraction of sp³-hybridized carbons (Fsp3) is 0.300. The summed E-state index contributed by atoms with van der Waals surface area (Å²) in [5.74, 6) is 0.626. The number of hydrogen-bond acceptors (Lipinski definition) is 7. The van der Waals surface area contributed by atoms with Crippen molar-refractivity contribution >= 4 is 23.2 Å². The average Bonchev–Trinajstić information content (AvgIpc) is 2.60. The molecule has 0 atom stereocenters. The summed E-state index contributed by atoms with van der Waals surface area (Å²) in [5.41, 5.74) is 1.67.